The quantitative estimate of drug-likeness (QED) is 0.722. The van der Waals surface area contributed by atoms with Crippen molar-refractivity contribution in [1.29, 1.82) is 0 Å². The fraction of sp³-hybridized carbons (Fsp3) is 0.842. The standard InChI is InChI=1S/C19H37N3O3/c1-18(2,3)13-14(23)12-15(16(24)20-10-11-21(7)8)22(9)17(25)19(4,5)6/h15H,10-13H2,1-9H3,(H,20,24)/t15-/m0/s1. The van der Waals surface area contributed by atoms with Gasteiger partial charge in [0.05, 0.1) is 0 Å². The van der Waals surface area contributed by atoms with Gasteiger partial charge in [-0.3, -0.25) is 14.4 Å². The Morgan fingerprint density at radius 1 is 0.960 bits per heavy atom. The molecule has 0 aromatic rings. The van der Waals surface area contributed by atoms with Crippen molar-refractivity contribution in [2.75, 3.05) is 34.2 Å². The lowest BCUT2D eigenvalue weighted by Crippen LogP contribution is -2.52. The van der Waals surface area contributed by atoms with Crippen molar-refractivity contribution in [2.45, 2.75) is 60.4 Å². The monoisotopic (exact) mass is 355 g/mol. The maximum absolute atomic E-state index is 12.6. The van der Waals surface area contributed by atoms with E-state index in [0.29, 0.717) is 19.5 Å². The number of carbonyl (C=O) groups is 3. The molecular weight excluding hydrogens is 318 g/mol. The summed E-state index contributed by atoms with van der Waals surface area (Å²) in [5, 5.41) is 2.84. The Hall–Kier alpha value is -1.43. The van der Waals surface area contributed by atoms with Crippen LogP contribution in [-0.4, -0.2) is 67.7 Å². The first-order valence-electron chi connectivity index (χ1n) is 8.86. The average molecular weight is 356 g/mol. The fourth-order valence-electron chi connectivity index (χ4n) is 2.48. The Morgan fingerprint density at radius 3 is 1.88 bits per heavy atom. The predicted octanol–water partition coefficient (Wildman–Crippen LogP) is 1.93. The molecule has 146 valence electrons. The lowest BCUT2D eigenvalue weighted by atomic mass is 9.87. The Balaban J connectivity index is 5.19. The number of hydrogen-bond acceptors (Lipinski definition) is 4. The van der Waals surface area contributed by atoms with Gasteiger partial charge in [0, 0.05) is 38.4 Å². The second-order valence-electron chi connectivity index (χ2n) is 9.26. The van der Waals surface area contributed by atoms with Gasteiger partial charge in [0.1, 0.15) is 11.8 Å². The maximum Gasteiger partial charge on any atom is 0.243 e. The topological polar surface area (TPSA) is 69.7 Å². The van der Waals surface area contributed by atoms with Gasteiger partial charge in [0.25, 0.3) is 0 Å². The Morgan fingerprint density at radius 2 is 1.48 bits per heavy atom. The third-order valence-electron chi connectivity index (χ3n) is 3.74. The van der Waals surface area contributed by atoms with E-state index in [4.69, 9.17) is 0 Å². The first-order chi connectivity index (χ1) is 11.1. The number of rotatable bonds is 8. The summed E-state index contributed by atoms with van der Waals surface area (Å²) in [6, 6.07) is -0.774. The lowest BCUT2D eigenvalue weighted by molar-refractivity contribution is -0.146. The summed E-state index contributed by atoms with van der Waals surface area (Å²) in [4.78, 5) is 41.0. The van der Waals surface area contributed by atoms with Crippen molar-refractivity contribution in [3.05, 3.63) is 0 Å². The Kier molecular flexibility index (Phi) is 8.79. The number of nitrogens with zero attached hydrogens (tertiary/aromatic N) is 2. The van der Waals surface area contributed by atoms with Crippen LogP contribution in [0.5, 0.6) is 0 Å². The summed E-state index contributed by atoms with van der Waals surface area (Å²) < 4.78 is 0. The van der Waals surface area contributed by atoms with E-state index in [1.165, 1.54) is 4.90 Å². The first kappa shape index (κ1) is 23.6. The smallest absolute Gasteiger partial charge is 0.243 e. The van der Waals surface area contributed by atoms with Crippen molar-refractivity contribution in [3.8, 4) is 0 Å². The molecule has 0 aliphatic heterocycles. The van der Waals surface area contributed by atoms with Crippen molar-refractivity contribution < 1.29 is 14.4 Å². The molecule has 0 saturated carbocycles. The molecule has 2 amide bonds. The van der Waals surface area contributed by atoms with Crippen LogP contribution in [0.25, 0.3) is 0 Å². The Labute approximate surface area is 153 Å². The number of ketones is 1. The summed E-state index contributed by atoms with van der Waals surface area (Å²) in [5.41, 5.74) is -0.750. The van der Waals surface area contributed by atoms with Crippen LogP contribution in [0.1, 0.15) is 54.4 Å². The van der Waals surface area contributed by atoms with Crippen molar-refractivity contribution >= 4 is 17.6 Å². The highest BCUT2D eigenvalue weighted by atomic mass is 16.2. The molecule has 0 unspecified atom stereocenters. The minimum absolute atomic E-state index is 0.00572. The van der Waals surface area contributed by atoms with Crippen LogP contribution in [0.2, 0.25) is 0 Å². The van der Waals surface area contributed by atoms with Crippen LogP contribution >= 0.6 is 0 Å². The maximum atomic E-state index is 12.6. The molecule has 0 fully saturated rings. The molecule has 0 saturated heterocycles. The predicted molar refractivity (Wildman–Crippen MR) is 101 cm³/mol. The SMILES string of the molecule is CN(C)CCNC(=O)[C@H](CC(=O)CC(C)(C)C)N(C)C(=O)C(C)(C)C. The number of amides is 2. The third-order valence-corrected chi connectivity index (χ3v) is 3.74. The van der Waals surface area contributed by atoms with Crippen LogP contribution in [-0.2, 0) is 14.4 Å². The summed E-state index contributed by atoms with van der Waals surface area (Å²) in [5.74, 6) is -0.429. The van der Waals surface area contributed by atoms with Crippen LogP contribution < -0.4 is 5.32 Å². The van der Waals surface area contributed by atoms with Crippen molar-refractivity contribution in [1.82, 2.24) is 15.1 Å². The zero-order valence-corrected chi connectivity index (χ0v) is 17.5. The van der Waals surface area contributed by atoms with Gasteiger partial charge in [-0.2, -0.15) is 0 Å². The van der Waals surface area contributed by atoms with Crippen molar-refractivity contribution in [2.24, 2.45) is 10.8 Å². The van der Waals surface area contributed by atoms with Crippen molar-refractivity contribution in [3.63, 3.8) is 0 Å². The minimum Gasteiger partial charge on any atom is -0.353 e. The van der Waals surface area contributed by atoms with E-state index < -0.39 is 11.5 Å². The zero-order valence-electron chi connectivity index (χ0n) is 17.5. The highest BCUT2D eigenvalue weighted by molar-refractivity contribution is 5.93. The number of hydrogen-bond donors (Lipinski definition) is 1. The highest BCUT2D eigenvalue weighted by Gasteiger charge is 2.34. The molecule has 6 nitrogen and oxygen atoms in total. The molecule has 0 rings (SSSR count). The number of likely N-dealkylation sites (N-methyl/N-ethyl adjacent to an activating group) is 2. The summed E-state index contributed by atoms with van der Waals surface area (Å²) >= 11 is 0. The van der Waals surface area contributed by atoms with Crippen LogP contribution in [0.15, 0.2) is 0 Å². The zero-order chi connectivity index (χ0) is 20.0. The van der Waals surface area contributed by atoms with Crippen LogP contribution in [0, 0.1) is 10.8 Å². The molecule has 6 heteroatoms. The first-order valence-corrected chi connectivity index (χ1v) is 8.86. The van der Waals surface area contributed by atoms with Gasteiger partial charge in [0.2, 0.25) is 11.8 Å². The summed E-state index contributed by atoms with van der Waals surface area (Å²) in [6.07, 6.45) is 0.426. The van der Waals surface area contributed by atoms with Crippen LogP contribution in [0.3, 0.4) is 0 Å². The van der Waals surface area contributed by atoms with E-state index in [9.17, 15) is 14.4 Å². The van der Waals surface area contributed by atoms with E-state index in [1.807, 2.05) is 60.5 Å². The van der Waals surface area contributed by atoms with Gasteiger partial charge in [-0.1, -0.05) is 41.5 Å². The number of carbonyl (C=O) groups excluding carboxylic acids is 3. The molecule has 0 heterocycles. The minimum atomic E-state index is -0.774. The van der Waals surface area contributed by atoms with E-state index in [0.717, 1.165) is 0 Å². The second kappa shape index (κ2) is 9.32. The lowest BCUT2D eigenvalue weighted by Gasteiger charge is -2.32. The molecule has 0 aliphatic rings. The molecule has 25 heavy (non-hydrogen) atoms. The molecule has 0 aromatic heterocycles. The van der Waals surface area contributed by atoms with Crippen LogP contribution in [0.4, 0.5) is 0 Å². The van der Waals surface area contributed by atoms with Gasteiger partial charge in [-0.15, -0.1) is 0 Å². The van der Waals surface area contributed by atoms with E-state index in [1.54, 1.807) is 7.05 Å². The van der Waals surface area contributed by atoms with E-state index in [2.05, 4.69) is 5.32 Å². The molecule has 0 spiro atoms. The highest BCUT2D eigenvalue weighted by Crippen LogP contribution is 2.23. The van der Waals surface area contributed by atoms with E-state index in [-0.39, 0.29) is 29.4 Å². The molecule has 0 bridgehead atoms. The van der Waals surface area contributed by atoms with Gasteiger partial charge in [-0.25, -0.2) is 0 Å². The van der Waals surface area contributed by atoms with Gasteiger partial charge < -0.3 is 15.1 Å². The molecule has 1 atom stereocenters. The number of nitrogens with one attached hydrogen (secondary N) is 1. The number of Topliss-reactive ketones (excluding diaryl/α,β-unsaturated/α-hetero) is 1. The Bertz CT molecular complexity index is 473. The van der Waals surface area contributed by atoms with E-state index >= 15 is 0 Å². The second-order valence-corrected chi connectivity index (χ2v) is 9.26. The molecule has 0 aliphatic carbocycles. The molecule has 0 radical (unpaired) electrons. The van der Waals surface area contributed by atoms with Gasteiger partial charge in [0.15, 0.2) is 0 Å². The average Bonchev–Trinajstić information content (AvgIpc) is 2.39. The normalized spacial score (nSPS) is 13.5. The largest absolute Gasteiger partial charge is 0.353 e. The molecule has 1 N–H and O–H groups in total. The fourth-order valence-corrected chi connectivity index (χ4v) is 2.48. The van der Waals surface area contributed by atoms with Gasteiger partial charge >= 0.3 is 0 Å². The summed E-state index contributed by atoms with van der Waals surface area (Å²) in [6.45, 7) is 12.6. The summed E-state index contributed by atoms with van der Waals surface area (Å²) in [7, 11) is 5.45. The third kappa shape index (κ3) is 9.58. The molecule has 0 aromatic carbocycles. The van der Waals surface area contributed by atoms with Gasteiger partial charge in [-0.05, 0) is 19.5 Å². The molecular formula is C19H37N3O3.